The van der Waals surface area contributed by atoms with Gasteiger partial charge in [0.25, 0.3) is 5.91 Å². The molecule has 1 atom stereocenters. The van der Waals surface area contributed by atoms with Gasteiger partial charge in [0.05, 0.1) is 12.5 Å². The Bertz CT molecular complexity index is 982. The number of hydrogen-bond acceptors (Lipinski definition) is 7. The molecule has 0 aliphatic carbocycles. The Morgan fingerprint density at radius 3 is 2.61 bits per heavy atom. The standard InChI is InChI=1S/C24H29ClN4O3S/c1-2-32-23(31)19-6-5-13-29(15-19)22(30)18-9-7-17(8-10-18)16-33-24-26-20(25)14-21(27-24)28-11-3-4-12-28/h7-10,14,19H,2-6,11-13,15-16H2,1H3. The maximum Gasteiger partial charge on any atom is 0.310 e. The number of likely N-dealkylation sites (tertiary alicyclic amines) is 1. The van der Waals surface area contributed by atoms with Gasteiger partial charge in [-0.15, -0.1) is 0 Å². The first-order chi connectivity index (χ1) is 16.0. The van der Waals surface area contributed by atoms with Crippen LogP contribution in [-0.2, 0) is 15.3 Å². The first-order valence-electron chi connectivity index (χ1n) is 11.5. The number of benzene rings is 1. The number of esters is 1. The van der Waals surface area contributed by atoms with E-state index in [4.69, 9.17) is 16.3 Å². The molecule has 1 aromatic carbocycles. The van der Waals surface area contributed by atoms with E-state index in [1.807, 2.05) is 30.3 Å². The topological polar surface area (TPSA) is 75.6 Å². The monoisotopic (exact) mass is 488 g/mol. The maximum atomic E-state index is 12.9. The summed E-state index contributed by atoms with van der Waals surface area (Å²) in [4.78, 5) is 38.0. The molecule has 2 fully saturated rings. The zero-order chi connectivity index (χ0) is 23.2. The number of thioether (sulfide) groups is 1. The second-order valence-corrected chi connectivity index (χ2v) is 9.68. The lowest BCUT2D eigenvalue weighted by molar-refractivity contribution is -0.149. The van der Waals surface area contributed by atoms with Crippen LogP contribution in [0.5, 0.6) is 0 Å². The van der Waals surface area contributed by atoms with Crippen LogP contribution < -0.4 is 4.90 Å². The van der Waals surface area contributed by atoms with Gasteiger partial charge in [0.1, 0.15) is 11.0 Å². The number of halogens is 1. The molecule has 1 unspecified atom stereocenters. The number of anilines is 1. The lowest BCUT2D eigenvalue weighted by atomic mass is 9.97. The quantitative estimate of drug-likeness (QED) is 0.247. The third-order valence-corrected chi connectivity index (χ3v) is 7.10. The summed E-state index contributed by atoms with van der Waals surface area (Å²) < 4.78 is 5.14. The summed E-state index contributed by atoms with van der Waals surface area (Å²) in [6.45, 7) is 5.25. The molecule has 33 heavy (non-hydrogen) atoms. The van der Waals surface area contributed by atoms with Gasteiger partial charge in [0.2, 0.25) is 0 Å². The van der Waals surface area contributed by atoms with E-state index in [0.717, 1.165) is 37.3 Å². The molecule has 9 heteroatoms. The number of nitrogens with zero attached hydrogens (tertiary/aromatic N) is 4. The van der Waals surface area contributed by atoms with E-state index in [2.05, 4.69) is 14.9 Å². The SMILES string of the molecule is CCOC(=O)C1CCCN(C(=O)c2ccc(CSc3nc(Cl)cc(N4CCCC4)n3)cc2)C1. The molecule has 7 nitrogen and oxygen atoms in total. The van der Waals surface area contributed by atoms with Gasteiger partial charge in [0, 0.05) is 43.6 Å². The molecule has 0 N–H and O–H groups in total. The van der Waals surface area contributed by atoms with Gasteiger partial charge in [0.15, 0.2) is 5.16 Å². The summed E-state index contributed by atoms with van der Waals surface area (Å²) in [5.41, 5.74) is 1.70. The average Bonchev–Trinajstić information content (AvgIpc) is 3.38. The van der Waals surface area contributed by atoms with Crippen molar-refractivity contribution in [3.8, 4) is 0 Å². The molecule has 3 heterocycles. The van der Waals surface area contributed by atoms with Crippen LogP contribution in [0.1, 0.15) is 48.5 Å². The van der Waals surface area contributed by atoms with Gasteiger partial charge >= 0.3 is 5.97 Å². The van der Waals surface area contributed by atoms with Crippen LogP contribution in [0.2, 0.25) is 5.15 Å². The van der Waals surface area contributed by atoms with Crippen molar-refractivity contribution in [2.75, 3.05) is 37.7 Å². The first kappa shape index (κ1) is 23.8. The molecule has 0 bridgehead atoms. The second kappa shape index (κ2) is 11.2. The Kier molecular flexibility index (Phi) is 8.09. The molecule has 1 amide bonds. The van der Waals surface area contributed by atoms with Crippen LogP contribution in [0.15, 0.2) is 35.5 Å². The predicted octanol–water partition coefficient (Wildman–Crippen LogP) is 4.44. The smallest absolute Gasteiger partial charge is 0.310 e. The first-order valence-corrected chi connectivity index (χ1v) is 12.9. The van der Waals surface area contributed by atoms with Gasteiger partial charge in [-0.1, -0.05) is 35.5 Å². The molecule has 1 aromatic heterocycles. The van der Waals surface area contributed by atoms with Gasteiger partial charge in [-0.05, 0) is 50.3 Å². The number of ether oxygens (including phenoxy) is 1. The van der Waals surface area contributed by atoms with E-state index in [-0.39, 0.29) is 17.8 Å². The van der Waals surface area contributed by atoms with Crippen molar-refractivity contribution in [2.45, 2.75) is 43.5 Å². The Morgan fingerprint density at radius 1 is 1.12 bits per heavy atom. The van der Waals surface area contributed by atoms with Crippen molar-refractivity contribution in [1.29, 1.82) is 0 Å². The number of hydrogen-bond donors (Lipinski definition) is 0. The Labute approximate surface area is 203 Å². The van der Waals surface area contributed by atoms with Crippen molar-refractivity contribution in [1.82, 2.24) is 14.9 Å². The number of carbonyl (C=O) groups excluding carboxylic acids is 2. The van der Waals surface area contributed by atoms with Crippen LogP contribution in [0.25, 0.3) is 0 Å². The highest BCUT2D eigenvalue weighted by Crippen LogP contribution is 2.27. The van der Waals surface area contributed by atoms with Crippen LogP contribution in [0.4, 0.5) is 5.82 Å². The summed E-state index contributed by atoms with van der Waals surface area (Å²) in [6, 6.07) is 9.43. The van der Waals surface area contributed by atoms with Crippen LogP contribution >= 0.6 is 23.4 Å². The lowest BCUT2D eigenvalue weighted by Gasteiger charge is -2.31. The van der Waals surface area contributed by atoms with Crippen LogP contribution in [0, 0.1) is 5.92 Å². The van der Waals surface area contributed by atoms with E-state index >= 15 is 0 Å². The van der Waals surface area contributed by atoms with Crippen LogP contribution in [-0.4, -0.2) is 59.5 Å². The van der Waals surface area contributed by atoms with Crippen molar-refractivity contribution in [3.05, 3.63) is 46.6 Å². The molecule has 0 saturated carbocycles. The van der Waals surface area contributed by atoms with Gasteiger partial charge in [-0.25, -0.2) is 9.97 Å². The summed E-state index contributed by atoms with van der Waals surface area (Å²) in [6.07, 6.45) is 3.93. The van der Waals surface area contributed by atoms with Gasteiger partial charge < -0.3 is 14.5 Å². The van der Waals surface area contributed by atoms with Gasteiger partial charge in [-0.2, -0.15) is 0 Å². The van der Waals surface area contributed by atoms with Gasteiger partial charge in [-0.3, -0.25) is 9.59 Å². The zero-order valence-electron chi connectivity index (χ0n) is 18.8. The molecular weight excluding hydrogens is 460 g/mol. The summed E-state index contributed by atoms with van der Waals surface area (Å²) >= 11 is 7.76. The minimum Gasteiger partial charge on any atom is -0.466 e. The van der Waals surface area contributed by atoms with Crippen molar-refractivity contribution in [2.24, 2.45) is 5.92 Å². The van der Waals surface area contributed by atoms with E-state index in [1.165, 1.54) is 24.6 Å². The molecule has 4 rings (SSSR count). The van der Waals surface area contributed by atoms with Crippen molar-refractivity contribution in [3.63, 3.8) is 0 Å². The molecule has 2 aliphatic heterocycles. The molecule has 176 valence electrons. The highest BCUT2D eigenvalue weighted by atomic mass is 35.5. The number of aromatic nitrogens is 2. The highest BCUT2D eigenvalue weighted by Gasteiger charge is 2.29. The van der Waals surface area contributed by atoms with Crippen molar-refractivity contribution >= 4 is 41.1 Å². The maximum absolute atomic E-state index is 12.9. The Hall–Kier alpha value is -2.32. The second-order valence-electron chi connectivity index (χ2n) is 8.35. The molecule has 0 radical (unpaired) electrons. The van der Waals surface area contributed by atoms with E-state index in [0.29, 0.717) is 41.3 Å². The van der Waals surface area contributed by atoms with E-state index in [9.17, 15) is 9.59 Å². The minimum atomic E-state index is -0.235. The molecule has 2 aromatic rings. The van der Waals surface area contributed by atoms with E-state index in [1.54, 1.807) is 11.8 Å². The van der Waals surface area contributed by atoms with Crippen molar-refractivity contribution < 1.29 is 14.3 Å². The fraction of sp³-hybridized carbons (Fsp3) is 0.500. The summed E-state index contributed by atoms with van der Waals surface area (Å²) in [7, 11) is 0. The molecule has 2 saturated heterocycles. The third-order valence-electron chi connectivity index (χ3n) is 5.99. The number of rotatable bonds is 7. The number of piperidine rings is 1. The fourth-order valence-corrected chi connectivity index (χ4v) is 5.28. The fourth-order valence-electron chi connectivity index (χ4n) is 4.25. The van der Waals surface area contributed by atoms with E-state index < -0.39 is 0 Å². The summed E-state index contributed by atoms with van der Waals surface area (Å²) in [5, 5.41) is 1.11. The summed E-state index contributed by atoms with van der Waals surface area (Å²) in [5.74, 6) is 1.08. The largest absolute Gasteiger partial charge is 0.466 e. The Morgan fingerprint density at radius 2 is 1.88 bits per heavy atom. The third kappa shape index (κ3) is 6.18. The number of carbonyl (C=O) groups is 2. The lowest BCUT2D eigenvalue weighted by Crippen LogP contribution is -2.42. The predicted molar refractivity (Wildman–Crippen MR) is 130 cm³/mol. The average molecular weight is 489 g/mol. The minimum absolute atomic E-state index is 0.0448. The number of amides is 1. The zero-order valence-corrected chi connectivity index (χ0v) is 20.4. The molecule has 2 aliphatic rings. The highest BCUT2D eigenvalue weighted by molar-refractivity contribution is 7.98. The molecule has 0 spiro atoms. The Balaban J connectivity index is 1.35. The normalized spacial score (nSPS) is 18.4. The van der Waals surface area contributed by atoms with Crippen LogP contribution in [0.3, 0.4) is 0 Å². The molecular formula is C24H29ClN4O3S.